The molecule has 7 rings (SSSR count). The van der Waals surface area contributed by atoms with Crippen LogP contribution < -0.4 is 20.1 Å². The number of para-hydroxylation sites is 1. The number of nitrogens with one attached hydrogen (secondary N) is 3. The molecule has 2 aromatic carbocycles. The van der Waals surface area contributed by atoms with E-state index in [4.69, 9.17) is 4.74 Å². The molecule has 3 fully saturated rings. The van der Waals surface area contributed by atoms with E-state index in [1.807, 2.05) is 36.4 Å². The quantitative estimate of drug-likeness (QED) is 0.311. The highest BCUT2D eigenvalue weighted by molar-refractivity contribution is 7.91. The highest BCUT2D eigenvalue weighted by atomic mass is 32.2. The second kappa shape index (κ2) is 13.1. The van der Waals surface area contributed by atoms with E-state index in [0.29, 0.717) is 30.1 Å². The van der Waals surface area contributed by atoms with E-state index in [-0.39, 0.29) is 31.2 Å². The molecule has 3 N–H and O–H groups in total. The molecule has 254 valence electrons. The van der Waals surface area contributed by atoms with Gasteiger partial charge in [0.2, 0.25) is 21.8 Å². The largest absolute Gasteiger partial charge is 0.465 e. The van der Waals surface area contributed by atoms with Gasteiger partial charge in [0.15, 0.2) is 0 Å². The van der Waals surface area contributed by atoms with E-state index in [9.17, 15) is 27.2 Å². The minimum Gasteiger partial charge on any atom is -0.465 e. The lowest BCUT2D eigenvalue weighted by Gasteiger charge is -2.30. The first-order valence-corrected chi connectivity index (χ1v) is 18.9. The van der Waals surface area contributed by atoms with Gasteiger partial charge >= 0.3 is 0 Å². The lowest BCUT2D eigenvalue weighted by Crippen LogP contribution is -2.57. The molecule has 0 spiro atoms. The second-order valence-electron chi connectivity index (χ2n) is 13.1. The Labute approximate surface area is 282 Å². The molecule has 3 amide bonds. The molecule has 14 heteroatoms. The number of carbonyl (C=O) groups excluding carboxylic acids is 3. The van der Waals surface area contributed by atoms with Crippen molar-refractivity contribution in [3.63, 3.8) is 0 Å². The Kier molecular flexibility index (Phi) is 8.88. The lowest BCUT2D eigenvalue weighted by molar-refractivity contribution is -0.140. The van der Waals surface area contributed by atoms with E-state index in [0.717, 1.165) is 35.9 Å². The van der Waals surface area contributed by atoms with Crippen LogP contribution >= 0.6 is 11.3 Å². The summed E-state index contributed by atoms with van der Waals surface area (Å²) in [5.41, 5.74) is -0.222. The molecule has 1 saturated heterocycles. The Morgan fingerprint density at radius 1 is 1.08 bits per heavy atom. The normalized spacial score (nSPS) is 28.7. The average Bonchev–Trinajstić information content (AvgIpc) is 3.94. The van der Waals surface area contributed by atoms with Crippen molar-refractivity contribution in [3.8, 4) is 5.19 Å². The highest BCUT2D eigenvalue weighted by Crippen LogP contribution is 2.46. The van der Waals surface area contributed by atoms with Crippen LogP contribution in [0.5, 0.6) is 5.19 Å². The van der Waals surface area contributed by atoms with E-state index in [1.165, 1.54) is 28.4 Å². The van der Waals surface area contributed by atoms with E-state index in [2.05, 4.69) is 20.3 Å². The van der Waals surface area contributed by atoms with Crippen LogP contribution in [0.15, 0.2) is 60.7 Å². The highest BCUT2D eigenvalue weighted by Gasteiger charge is 2.62. The van der Waals surface area contributed by atoms with Crippen LogP contribution in [0.2, 0.25) is 0 Å². The summed E-state index contributed by atoms with van der Waals surface area (Å²) in [6.45, 7) is 0.0900. The van der Waals surface area contributed by atoms with E-state index in [1.54, 1.807) is 12.1 Å². The molecule has 0 radical (unpaired) electrons. The van der Waals surface area contributed by atoms with Crippen molar-refractivity contribution in [1.29, 1.82) is 0 Å². The zero-order valence-corrected chi connectivity index (χ0v) is 27.9. The summed E-state index contributed by atoms with van der Waals surface area (Å²) < 4.78 is 49.0. The Morgan fingerprint density at radius 3 is 2.71 bits per heavy atom. The topological polar surface area (TPSA) is 147 Å². The number of allylic oxidation sites excluding steroid dienone is 1. The second-order valence-corrected chi connectivity index (χ2v) is 16.1. The van der Waals surface area contributed by atoms with Gasteiger partial charge in [-0.05, 0) is 68.9 Å². The first-order chi connectivity index (χ1) is 23.1. The molecular formula is C34H38FN5O6S2. The smallest absolute Gasteiger partial charge is 0.274 e. The summed E-state index contributed by atoms with van der Waals surface area (Å²) in [5, 5.41) is 5.90. The molecule has 2 aliphatic heterocycles. The molecule has 5 atom stereocenters. The van der Waals surface area contributed by atoms with Crippen molar-refractivity contribution in [2.45, 2.75) is 86.8 Å². The third kappa shape index (κ3) is 6.91. The molecule has 3 aromatic rings. The van der Waals surface area contributed by atoms with Gasteiger partial charge in [-0.3, -0.25) is 19.1 Å². The first kappa shape index (κ1) is 32.5. The van der Waals surface area contributed by atoms with Crippen molar-refractivity contribution in [2.24, 2.45) is 5.92 Å². The number of anilines is 1. The van der Waals surface area contributed by atoms with Crippen LogP contribution in [0.25, 0.3) is 10.2 Å². The molecule has 48 heavy (non-hydrogen) atoms. The number of rotatable bonds is 7. The van der Waals surface area contributed by atoms with Crippen molar-refractivity contribution < 1.29 is 31.9 Å². The van der Waals surface area contributed by atoms with Gasteiger partial charge in [-0.15, -0.1) is 0 Å². The number of benzene rings is 2. The number of carbonyl (C=O) groups is 3. The molecule has 1 aromatic heterocycles. The van der Waals surface area contributed by atoms with Gasteiger partial charge in [-0.1, -0.05) is 54.5 Å². The minimum absolute atomic E-state index is 0.0900. The van der Waals surface area contributed by atoms with Gasteiger partial charge in [0.25, 0.3) is 11.1 Å². The number of sulfonamides is 1. The number of aromatic nitrogens is 1. The maximum Gasteiger partial charge on any atom is 0.274 e. The fourth-order valence-corrected chi connectivity index (χ4v) is 8.92. The fraction of sp³-hybridized carbons (Fsp3) is 0.471. The number of thiazole rings is 1. The van der Waals surface area contributed by atoms with E-state index < -0.39 is 56.6 Å². The fourth-order valence-electron chi connectivity index (χ4n) is 6.67. The predicted molar refractivity (Wildman–Crippen MR) is 179 cm³/mol. The number of hydrogen-bond acceptors (Lipinski definition) is 9. The Balaban J connectivity index is 1.18. The monoisotopic (exact) mass is 695 g/mol. The SMILES string of the molecule is O=C1N[C@]2(C(=O)NS(=O)(=O)C3CC3)C[C@@H]2/C=C\CCCCC[C@H](Nc2cccc(F)c2)C(=O)N2C[C@H](Oc3nc4ccccc4s3)C[C@@H]12. The molecule has 11 nitrogen and oxygen atoms in total. The minimum atomic E-state index is -3.85. The van der Waals surface area contributed by atoms with Crippen molar-refractivity contribution in [3.05, 3.63) is 66.5 Å². The molecule has 4 aliphatic rings. The Bertz CT molecular complexity index is 1830. The van der Waals surface area contributed by atoms with Crippen molar-refractivity contribution in [1.82, 2.24) is 19.9 Å². The Hall–Kier alpha value is -4.04. The van der Waals surface area contributed by atoms with E-state index >= 15 is 0 Å². The van der Waals surface area contributed by atoms with Crippen LogP contribution in [0, 0.1) is 11.7 Å². The van der Waals surface area contributed by atoms with Crippen LogP contribution in [-0.2, 0) is 24.4 Å². The number of amides is 3. The average molecular weight is 696 g/mol. The zero-order valence-electron chi connectivity index (χ0n) is 26.3. The zero-order chi connectivity index (χ0) is 33.5. The summed E-state index contributed by atoms with van der Waals surface area (Å²) in [6, 6.07) is 11.8. The standard InChI is InChI=1S/C34H38FN5O6S2/c35-22-10-8-11-23(17-22)36-27-13-5-3-1-2-4-9-21-19-34(21,32(43)39-48(44,45)25-15-16-25)38-30(41)28-18-24(20-40(28)31(27)42)46-33-37-26-12-6-7-14-29(26)47-33/h4,6-12,14,17,21,24-25,27-28,36H,1-3,5,13,15-16,18-20H2,(H,38,41)(H,39,43)/b9-4-/t21-,24+,27-,28-,34+/m0/s1. The maximum absolute atomic E-state index is 14.4. The van der Waals surface area contributed by atoms with Gasteiger partial charge in [-0.2, -0.15) is 0 Å². The predicted octanol–water partition coefficient (Wildman–Crippen LogP) is 4.27. The summed E-state index contributed by atoms with van der Waals surface area (Å²) in [7, 11) is -3.85. The van der Waals surface area contributed by atoms with Gasteiger partial charge in [0.05, 0.1) is 22.0 Å². The summed E-state index contributed by atoms with van der Waals surface area (Å²) in [5.74, 6) is -2.49. The van der Waals surface area contributed by atoms with Crippen molar-refractivity contribution in [2.75, 3.05) is 11.9 Å². The number of ether oxygens (including phenoxy) is 1. The summed E-state index contributed by atoms with van der Waals surface area (Å²) >= 11 is 1.37. The molecular weight excluding hydrogens is 658 g/mol. The van der Waals surface area contributed by atoms with Crippen LogP contribution in [0.1, 0.15) is 57.8 Å². The third-order valence-electron chi connectivity index (χ3n) is 9.55. The number of nitrogens with zero attached hydrogens (tertiary/aromatic N) is 2. The first-order valence-electron chi connectivity index (χ1n) is 16.5. The Morgan fingerprint density at radius 2 is 1.92 bits per heavy atom. The lowest BCUT2D eigenvalue weighted by atomic mass is 10.0. The van der Waals surface area contributed by atoms with Crippen LogP contribution in [-0.4, -0.2) is 71.5 Å². The maximum atomic E-state index is 14.4. The van der Waals surface area contributed by atoms with Gasteiger partial charge in [0.1, 0.15) is 29.5 Å². The van der Waals surface area contributed by atoms with Crippen LogP contribution in [0.3, 0.4) is 0 Å². The summed E-state index contributed by atoms with van der Waals surface area (Å²) in [6.07, 6.45) is 8.24. The molecule has 2 aliphatic carbocycles. The summed E-state index contributed by atoms with van der Waals surface area (Å²) in [4.78, 5) is 48.2. The molecule has 0 bridgehead atoms. The molecule has 0 unspecified atom stereocenters. The number of hydrogen-bond donors (Lipinski definition) is 3. The number of fused-ring (bicyclic) bond motifs is 3. The van der Waals surface area contributed by atoms with Gasteiger partial charge < -0.3 is 20.3 Å². The third-order valence-corrected chi connectivity index (χ3v) is 12.3. The number of halogens is 1. The van der Waals surface area contributed by atoms with Gasteiger partial charge in [0, 0.05) is 18.0 Å². The molecule has 2 saturated carbocycles. The van der Waals surface area contributed by atoms with Gasteiger partial charge in [-0.25, -0.2) is 17.8 Å². The molecule has 3 heterocycles. The van der Waals surface area contributed by atoms with Crippen LogP contribution in [0.4, 0.5) is 10.1 Å². The van der Waals surface area contributed by atoms with Crippen molar-refractivity contribution >= 4 is 55.0 Å².